The lowest BCUT2D eigenvalue weighted by atomic mass is 10.1. The first-order valence-electron chi connectivity index (χ1n) is 9.19. The molecule has 6 heteroatoms. The third-order valence-corrected chi connectivity index (χ3v) is 4.51. The first kappa shape index (κ1) is 19.6. The van der Waals surface area contributed by atoms with Crippen LogP contribution in [0.5, 0.6) is 0 Å². The van der Waals surface area contributed by atoms with Gasteiger partial charge in [-0.25, -0.2) is 9.59 Å². The Morgan fingerprint density at radius 3 is 1.35 bits per heavy atom. The minimum atomic E-state index is -0.125. The van der Waals surface area contributed by atoms with Crippen LogP contribution in [-0.2, 0) is 0 Å². The second-order valence-corrected chi connectivity index (χ2v) is 5.91. The van der Waals surface area contributed by atoms with Crippen LogP contribution in [0.15, 0.2) is 36.4 Å². The van der Waals surface area contributed by atoms with Gasteiger partial charge in [-0.2, -0.15) is 0 Å². The van der Waals surface area contributed by atoms with Crippen molar-refractivity contribution in [3.8, 4) is 0 Å². The van der Waals surface area contributed by atoms with Gasteiger partial charge in [-0.05, 0) is 39.8 Å². The lowest BCUT2D eigenvalue weighted by molar-refractivity contribution is 0.216. The Morgan fingerprint density at radius 1 is 0.692 bits per heavy atom. The van der Waals surface area contributed by atoms with Crippen LogP contribution < -0.4 is 10.6 Å². The monoisotopic (exact) mass is 356 g/mol. The zero-order chi connectivity index (χ0) is 19.1. The zero-order valence-electron chi connectivity index (χ0n) is 16.0. The van der Waals surface area contributed by atoms with Gasteiger partial charge in [0.25, 0.3) is 0 Å². The minimum Gasteiger partial charge on any atom is -0.325 e. The molecular formula is C20H28N4O2. The number of urea groups is 2. The van der Waals surface area contributed by atoms with Crippen molar-refractivity contribution in [2.75, 3.05) is 36.8 Å². The van der Waals surface area contributed by atoms with Gasteiger partial charge < -0.3 is 20.4 Å². The number of nitrogens with one attached hydrogen (secondary N) is 2. The molecule has 0 bridgehead atoms. The van der Waals surface area contributed by atoms with Crippen LogP contribution in [0.3, 0.4) is 0 Å². The fourth-order valence-corrected chi connectivity index (χ4v) is 2.94. The average Bonchev–Trinajstić information content (AvgIpc) is 2.64. The molecule has 0 unspecified atom stereocenters. The van der Waals surface area contributed by atoms with Crippen LogP contribution in [0.4, 0.5) is 21.0 Å². The van der Waals surface area contributed by atoms with Crippen LogP contribution in [0.1, 0.15) is 27.7 Å². The maximum atomic E-state index is 12.4. The van der Waals surface area contributed by atoms with Gasteiger partial charge in [0.2, 0.25) is 0 Å². The molecular weight excluding hydrogens is 328 g/mol. The standard InChI is InChI=1S/C20H28N4O2/c1-5-23(6-2)19(25)21-17-13-9-12-16-15(17)11-10-14-18(16)22-20(26)24(7-3)8-4/h9-14H,5-8H2,1-4H3,(H,21,25)(H,22,26). The summed E-state index contributed by atoms with van der Waals surface area (Å²) < 4.78 is 0. The third kappa shape index (κ3) is 4.25. The van der Waals surface area contributed by atoms with Gasteiger partial charge in [-0.15, -0.1) is 0 Å². The summed E-state index contributed by atoms with van der Waals surface area (Å²) in [6.07, 6.45) is 0. The van der Waals surface area contributed by atoms with Gasteiger partial charge in [0, 0.05) is 37.0 Å². The van der Waals surface area contributed by atoms with E-state index in [1.165, 1.54) is 0 Å². The van der Waals surface area contributed by atoms with E-state index in [2.05, 4.69) is 10.6 Å². The van der Waals surface area contributed by atoms with Gasteiger partial charge in [-0.3, -0.25) is 0 Å². The molecule has 140 valence electrons. The SMILES string of the molecule is CCN(CC)C(=O)Nc1cccc2c(NC(=O)N(CC)CC)cccc12. The van der Waals surface area contributed by atoms with Crippen LogP contribution in [0.25, 0.3) is 10.8 Å². The summed E-state index contributed by atoms with van der Waals surface area (Å²) in [6.45, 7) is 10.4. The highest BCUT2D eigenvalue weighted by Crippen LogP contribution is 2.29. The van der Waals surface area contributed by atoms with Crippen molar-refractivity contribution in [2.45, 2.75) is 27.7 Å². The third-order valence-electron chi connectivity index (χ3n) is 4.51. The molecule has 0 fully saturated rings. The van der Waals surface area contributed by atoms with E-state index in [1.807, 2.05) is 64.1 Å². The van der Waals surface area contributed by atoms with Crippen LogP contribution in [0, 0.1) is 0 Å². The van der Waals surface area contributed by atoms with Gasteiger partial charge in [0.1, 0.15) is 0 Å². The fraction of sp³-hybridized carbons (Fsp3) is 0.400. The molecule has 0 heterocycles. The largest absolute Gasteiger partial charge is 0.325 e. The van der Waals surface area contributed by atoms with Gasteiger partial charge in [0.15, 0.2) is 0 Å². The smallest absolute Gasteiger partial charge is 0.321 e. The second kappa shape index (κ2) is 9.08. The van der Waals surface area contributed by atoms with Crippen molar-refractivity contribution < 1.29 is 9.59 Å². The van der Waals surface area contributed by atoms with E-state index in [0.29, 0.717) is 26.2 Å². The number of anilines is 2. The van der Waals surface area contributed by atoms with E-state index >= 15 is 0 Å². The van der Waals surface area contributed by atoms with Crippen molar-refractivity contribution in [3.05, 3.63) is 36.4 Å². The number of amides is 4. The van der Waals surface area contributed by atoms with Crippen molar-refractivity contribution in [3.63, 3.8) is 0 Å². The molecule has 0 radical (unpaired) electrons. The first-order valence-corrected chi connectivity index (χ1v) is 9.19. The Balaban J connectivity index is 2.33. The summed E-state index contributed by atoms with van der Waals surface area (Å²) in [6, 6.07) is 11.2. The topological polar surface area (TPSA) is 64.7 Å². The number of hydrogen-bond acceptors (Lipinski definition) is 2. The highest BCUT2D eigenvalue weighted by Gasteiger charge is 2.14. The molecule has 6 nitrogen and oxygen atoms in total. The molecule has 26 heavy (non-hydrogen) atoms. The molecule has 4 amide bonds. The van der Waals surface area contributed by atoms with E-state index in [9.17, 15) is 9.59 Å². The predicted octanol–water partition coefficient (Wildman–Crippen LogP) is 4.59. The summed E-state index contributed by atoms with van der Waals surface area (Å²) in [5.41, 5.74) is 1.47. The quantitative estimate of drug-likeness (QED) is 0.795. The number of carbonyl (C=O) groups is 2. The van der Waals surface area contributed by atoms with Gasteiger partial charge in [-0.1, -0.05) is 24.3 Å². The number of hydrogen-bond donors (Lipinski definition) is 2. The minimum absolute atomic E-state index is 0.125. The maximum Gasteiger partial charge on any atom is 0.321 e. The van der Waals surface area contributed by atoms with Crippen LogP contribution in [-0.4, -0.2) is 48.0 Å². The summed E-state index contributed by atoms with van der Waals surface area (Å²) >= 11 is 0. The molecule has 0 aliphatic carbocycles. The normalized spacial score (nSPS) is 10.5. The molecule has 0 saturated carbocycles. The summed E-state index contributed by atoms with van der Waals surface area (Å²) in [7, 11) is 0. The maximum absolute atomic E-state index is 12.4. The van der Waals surface area contributed by atoms with Gasteiger partial charge in [0.05, 0.1) is 11.4 Å². The molecule has 0 saturated heterocycles. The fourth-order valence-electron chi connectivity index (χ4n) is 2.94. The first-order chi connectivity index (χ1) is 12.5. The average molecular weight is 356 g/mol. The number of nitrogens with zero attached hydrogens (tertiary/aromatic N) is 2. The Bertz CT molecular complexity index is 702. The van der Waals surface area contributed by atoms with Crippen LogP contribution >= 0.6 is 0 Å². The highest BCUT2D eigenvalue weighted by atomic mass is 16.2. The number of fused-ring (bicyclic) bond motifs is 1. The molecule has 0 atom stereocenters. The molecule has 0 aliphatic rings. The van der Waals surface area contributed by atoms with Crippen molar-refractivity contribution in [1.29, 1.82) is 0 Å². The summed E-state index contributed by atoms with van der Waals surface area (Å²) in [5, 5.41) is 7.74. The molecule has 2 N–H and O–H groups in total. The molecule has 0 spiro atoms. The number of benzene rings is 2. The highest BCUT2D eigenvalue weighted by molar-refractivity contribution is 6.08. The molecule has 0 aliphatic heterocycles. The van der Waals surface area contributed by atoms with Crippen molar-refractivity contribution in [1.82, 2.24) is 9.80 Å². The van der Waals surface area contributed by atoms with Crippen molar-refractivity contribution in [2.24, 2.45) is 0 Å². The molecule has 2 aromatic carbocycles. The van der Waals surface area contributed by atoms with Crippen molar-refractivity contribution >= 4 is 34.2 Å². The van der Waals surface area contributed by atoms with E-state index in [4.69, 9.17) is 0 Å². The lowest BCUT2D eigenvalue weighted by Crippen LogP contribution is -2.34. The van der Waals surface area contributed by atoms with Gasteiger partial charge >= 0.3 is 12.1 Å². The van der Waals surface area contributed by atoms with E-state index in [1.54, 1.807) is 9.80 Å². The van der Waals surface area contributed by atoms with E-state index < -0.39 is 0 Å². The molecule has 0 aromatic heterocycles. The number of rotatable bonds is 6. The molecule has 2 rings (SSSR count). The second-order valence-electron chi connectivity index (χ2n) is 5.91. The lowest BCUT2D eigenvalue weighted by Gasteiger charge is -2.21. The van der Waals surface area contributed by atoms with E-state index in [0.717, 1.165) is 22.1 Å². The predicted molar refractivity (Wildman–Crippen MR) is 108 cm³/mol. The van der Waals surface area contributed by atoms with Crippen LogP contribution in [0.2, 0.25) is 0 Å². The number of carbonyl (C=O) groups excluding carboxylic acids is 2. The summed E-state index contributed by atoms with van der Waals surface area (Å²) in [4.78, 5) is 28.2. The Labute approximate surface area is 155 Å². The Morgan fingerprint density at radius 2 is 1.04 bits per heavy atom. The Kier molecular flexibility index (Phi) is 6.83. The summed E-state index contributed by atoms with van der Waals surface area (Å²) in [5.74, 6) is 0. The molecule has 2 aromatic rings. The zero-order valence-corrected chi connectivity index (χ0v) is 16.0. The Hall–Kier alpha value is -2.76. The van der Waals surface area contributed by atoms with E-state index in [-0.39, 0.29) is 12.1 Å².